The van der Waals surface area contributed by atoms with E-state index in [1.807, 2.05) is 13.8 Å². The number of aromatic nitrogens is 3. The number of carbonyl (C=O) groups excluding carboxylic acids is 1. The first-order valence-electron chi connectivity index (χ1n) is 10.7. The molecule has 10 nitrogen and oxygen atoms in total. The van der Waals surface area contributed by atoms with Gasteiger partial charge in [-0.15, -0.1) is 0 Å². The van der Waals surface area contributed by atoms with Gasteiger partial charge in [-0.3, -0.25) is 14.2 Å². The Morgan fingerprint density at radius 3 is 2.58 bits per heavy atom. The molecule has 0 saturated carbocycles. The summed E-state index contributed by atoms with van der Waals surface area (Å²) in [5.41, 5.74) is -3.35. The van der Waals surface area contributed by atoms with Crippen LogP contribution in [0.25, 0.3) is 5.78 Å². The molecule has 0 atom stereocenters. The second kappa shape index (κ2) is 9.37. The Balaban J connectivity index is 1.47. The highest BCUT2D eigenvalue weighted by molar-refractivity contribution is 7.90. The summed E-state index contributed by atoms with van der Waals surface area (Å²) in [6, 6.07) is 4.03. The molecule has 1 aromatic carbocycles. The molecule has 0 unspecified atom stereocenters. The van der Waals surface area contributed by atoms with Crippen molar-refractivity contribution >= 4 is 33.7 Å². The maximum atomic E-state index is 14.8. The number of benzene rings is 1. The summed E-state index contributed by atoms with van der Waals surface area (Å²) in [4.78, 5) is 21.5. The number of rotatable bonds is 6. The largest absolute Gasteiger partial charge is 0.516 e. The number of halogens is 4. The number of anilines is 1. The van der Waals surface area contributed by atoms with E-state index in [-0.39, 0.29) is 23.1 Å². The zero-order valence-electron chi connectivity index (χ0n) is 19.1. The van der Waals surface area contributed by atoms with Crippen molar-refractivity contribution in [3.8, 4) is 0 Å². The lowest BCUT2D eigenvalue weighted by molar-refractivity contribution is -0.0471. The molecular weight excluding hydrogens is 506 g/mol. The number of imidazole rings is 1. The minimum atomic E-state index is -5.56. The summed E-state index contributed by atoms with van der Waals surface area (Å²) in [6.45, 7) is 2.84. The summed E-state index contributed by atoms with van der Waals surface area (Å²) in [5.74, 6) is -0.764. The number of nitrogens with one attached hydrogen (secondary N) is 1. The fraction of sp³-hybridized carbons (Fsp3) is 0.333. The minimum absolute atomic E-state index is 0.00740. The van der Waals surface area contributed by atoms with Gasteiger partial charge >= 0.3 is 15.5 Å². The first kappa shape index (κ1) is 25.3. The monoisotopic (exact) mass is 527 g/mol. The summed E-state index contributed by atoms with van der Waals surface area (Å²) in [7, 11) is -5.56. The van der Waals surface area contributed by atoms with Crippen LogP contribution >= 0.6 is 0 Å². The van der Waals surface area contributed by atoms with E-state index in [2.05, 4.69) is 20.4 Å². The fourth-order valence-corrected chi connectivity index (χ4v) is 4.38. The summed E-state index contributed by atoms with van der Waals surface area (Å²) in [5, 5.41) is 7.43. The molecule has 2 aromatic heterocycles. The lowest BCUT2D eigenvalue weighted by atomic mass is 10.1. The number of nitrogens with zero attached hydrogens (tertiary/aromatic N) is 6. The molecule has 0 fully saturated rings. The average Bonchev–Trinajstić information content (AvgIpc) is 3.20. The van der Waals surface area contributed by atoms with Crippen molar-refractivity contribution < 1.29 is 30.8 Å². The number of hydrazone groups is 1. The van der Waals surface area contributed by atoms with Gasteiger partial charge in [-0.25, -0.2) is 18.7 Å². The first-order chi connectivity index (χ1) is 16.9. The number of aryl methyl sites for hydroxylation is 2. The van der Waals surface area contributed by atoms with Crippen LogP contribution in [0.15, 0.2) is 35.7 Å². The van der Waals surface area contributed by atoms with Gasteiger partial charge in [0.25, 0.3) is 5.91 Å². The van der Waals surface area contributed by atoms with Crippen LogP contribution in [0.1, 0.15) is 34.2 Å². The zero-order chi connectivity index (χ0) is 26.3. The van der Waals surface area contributed by atoms with E-state index in [0.717, 1.165) is 16.6 Å². The SMILES string of the molecule is CCc1nc2ncc(C)cn2c1C(=O)NCc1ccc(N2CCN(S(=O)(=O)C(F)(F)F)C=N2)c(F)c1. The zero-order valence-corrected chi connectivity index (χ0v) is 19.9. The highest BCUT2D eigenvalue weighted by Gasteiger charge is 2.50. The van der Waals surface area contributed by atoms with Crippen LogP contribution in [-0.2, 0) is 23.0 Å². The van der Waals surface area contributed by atoms with Crippen molar-refractivity contribution in [1.29, 1.82) is 0 Å². The van der Waals surface area contributed by atoms with Crippen LogP contribution in [0.4, 0.5) is 23.2 Å². The Hall–Kier alpha value is -3.75. The third kappa shape index (κ3) is 4.69. The summed E-state index contributed by atoms with van der Waals surface area (Å²) < 4.78 is 77.5. The number of amides is 1. The molecule has 3 heterocycles. The maximum absolute atomic E-state index is 14.8. The van der Waals surface area contributed by atoms with Crippen molar-refractivity contribution in [2.24, 2.45) is 5.10 Å². The van der Waals surface area contributed by atoms with Gasteiger partial charge < -0.3 is 5.32 Å². The first-order valence-corrected chi connectivity index (χ1v) is 12.2. The van der Waals surface area contributed by atoms with Crippen LogP contribution in [0.3, 0.4) is 0 Å². The minimum Gasteiger partial charge on any atom is -0.347 e. The van der Waals surface area contributed by atoms with Gasteiger partial charge in [0.15, 0.2) is 0 Å². The third-order valence-electron chi connectivity index (χ3n) is 5.43. The Kier molecular flexibility index (Phi) is 6.60. The van der Waals surface area contributed by atoms with E-state index in [1.165, 1.54) is 12.1 Å². The highest BCUT2D eigenvalue weighted by Crippen LogP contribution is 2.28. The van der Waals surface area contributed by atoms with Crippen molar-refractivity contribution in [2.75, 3.05) is 18.1 Å². The number of hydrogen-bond acceptors (Lipinski definition) is 7. The number of fused-ring (bicyclic) bond motifs is 1. The maximum Gasteiger partial charge on any atom is 0.516 e. The smallest absolute Gasteiger partial charge is 0.347 e. The fourth-order valence-electron chi connectivity index (χ4n) is 3.63. The van der Waals surface area contributed by atoms with Crippen molar-refractivity contribution in [3.63, 3.8) is 0 Å². The molecule has 15 heteroatoms. The van der Waals surface area contributed by atoms with E-state index in [0.29, 0.717) is 35.5 Å². The summed E-state index contributed by atoms with van der Waals surface area (Å²) in [6.07, 6.45) is 4.40. The molecule has 0 aliphatic carbocycles. The normalized spacial score (nSPS) is 14.5. The van der Waals surface area contributed by atoms with Crippen LogP contribution in [-0.4, -0.2) is 57.9 Å². The Bertz CT molecular complexity index is 1450. The van der Waals surface area contributed by atoms with E-state index in [4.69, 9.17) is 0 Å². The van der Waals surface area contributed by atoms with E-state index < -0.39 is 33.8 Å². The number of hydrogen-bond donors (Lipinski definition) is 1. The van der Waals surface area contributed by atoms with Crippen molar-refractivity contribution in [2.45, 2.75) is 32.3 Å². The number of carbonyl (C=O) groups is 1. The van der Waals surface area contributed by atoms with Gasteiger partial charge in [-0.2, -0.15) is 26.7 Å². The number of sulfonamides is 1. The molecule has 192 valence electrons. The van der Waals surface area contributed by atoms with Gasteiger partial charge in [-0.05, 0) is 36.6 Å². The van der Waals surface area contributed by atoms with Crippen molar-refractivity contribution in [1.82, 2.24) is 24.0 Å². The van der Waals surface area contributed by atoms with E-state index in [9.17, 15) is 30.8 Å². The molecule has 1 aliphatic heterocycles. The van der Waals surface area contributed by atoms with Gasteiger partial charge in [0.05, 0.1) is 24.5 Å². The average molecular weight is 528 g/mol. The quantitative estimate of drug-likeness (QED) is 0.494. The molecule has 0 spiro atoms. The summed E-state index contributed by atoms with van der Waals surface area (Å²) >= 11 is 0. The van der Waals surface area contributed by atoms with Crippen LogP contribution in [0.2, 0.25) is 0 Å². The van der Waals surface area contributed by atoms with Gasteiger partial charge in [0.2, 0.25) is 5.78 Å². The predicted molar refractivity (Wildman–Crippen MR) is 122 cm³/mol. The Labute approximate surface area is 203 Å². The standard InChI is InChI=1S/C21H21F4N7O3S/c1-3-16-18(31-11-13(2)9-27-20(31)29-16)19(33)26-10-14-4-5-17(15(22)8-14)32-7-6-30(12-28-32)36(34,35)21(23,24)25/h4-5,8-9,11-12H,3,6-7,10H2,1-2H3,(H,26,33). The molecule has 4 rings (SSSR count). The van der Waals surface area contributed by atoms with E-state index in [1.54, 1.807) is 16.8 Å². The second-order valence-electron chi connectivity index (χ2n) is 7.95. The van der Waals surface area contributed by atoms with Gasteiger partial charge in [0.1, 0.15) is 17.8 Å². The van der Waals surface area contributed by atoms with Crippen molar-refractivity contribution in [3.05, 3.63) is 58.9 Å². The van der Waals surface area contributed by atoms with Gasteiger partial charge in [0, 0.05) is 18.9 Å². The molecule has 1 aliphatic rings. The molecule has 0 saturated heterocycles. The molecule has 0 bridgehead atoms. The third-order valence-corrected chi connectivity index (χ3v) is 6.91. The Morgan fingerprint density at radius 1 is 1.22 bits per heavy atom. The predicted octanol–water partition coefficient (Wildman–Crippen LogP) is 2.58. The molecule has 1 amide bonds. The molecule has 1 N–H and O–H groups in total. The van der Waals surface area contributed by atoms with Gasteiger partial charge in [-0.1, -0.05) is 13.0 Å². The topological polar surface area (TPSA) is 112 Å². The number of alkyl halides is 3. The highest BCUT2D eigenvalue weighted by atomic mass is 32.2. The van der Waals surface area contributed by atoms with Crippen LogP contribution in [0.5, 0.6) is 0 Å². The lowest BCUT2D eigenvalue weighted by Crippen LogP contribution is -2.46. The molecule has 36 heavy (non-hydrogen) atoms. The molecule has 0 radical (unpaired) electrons. The Morgan fingerprint density at radius 2 is 1.97 bits per heavy atom. The van der Waals surface area contributed by atoms with Crippen LogP contribution < -0.4 is 10.3 Å². The van der Waals surface area contributed by atoms with E-state index >= 15 is 0 Å². The molecule has 3 aromatic rings. The molecular formula is C21H21F4N7O3S. The lowest BCUT2D eigenvalue weighted by Gasteiger charge is -2.29. The second-order valence-corrected chi connectivity index (χ2v) is 9.83. The van der Waals surface area contributed by atoms with Crippen LogP contribution in [0, 0.1) is 12.7 Å².